The van der Waals surface area contributed by atoms with E-state index in [4.69, 9.17) is 0 Å². The number of fused-ring (bicyclic) bond motifs is 1. The van der Waals surface area contributed by atoms with Crippen LogP contribution in [0.2, 0.25) is 0 Å². The molecule has 5 rings (SSSR count). The van der Waals surface area contributed by atoms with Crippen molar-refractivity contribution in [3.63, 3.8) is 0 Å². The highest BCUT2D eigenvalue weighted by Gasteiger charge is 2.26. The molecule has 0 bridgehead atoms. The summed E-state index contributed by atoms with van der Waals surface area (Å²) in [7, 11) is 0. The summed E-state index contributed by atoms with van der Waals surface area (Å²) in [6.45, 7) is 24.2. The molecule has 5 heteroatoms. The maximum atomic E-state index is 13.5. The normalized spacial score (nSPS) is 14.1. The smallest absolute Gasteiger partial charge is 0.255 e. The predicted octanol–water partition coefficient (Wildman–Crippen LogP) is 13.6. The number of rotatable bonds is 19. The zero-order chi connectivity index (χ0) is 40.6. The molecule has 1 fully saturated rings. The third-order valence-electron chi connectivity index (χ3n) is 11.6. The first-order valence-corrected chi connectivity index (χ1v) is 21.7. The summed E-state index contributed by atoms with van der Waals surface area (Å²) in [5.74, 6) is 1.19. The number of allylic oxidation sites excluding steroid dienone is 6. The number of phenols is 1. The third-order valence-corrected chi connectivity index (χ3v) is 11.6. The molecular formula is C51H71N3O2. The molecule has 0 aliphatic heterocycles. The van der Waals surface area contributed by atoms with Crippen molar-refractivity contribution in [1.82, 2.24) is 9.47 Å². The highest BCUT2D eigenvalue weighted by molar-refractivity contribution is 6.04. The number of aryl methyl sites for hydroxylation is 2. The first kappa shape index (κ1) is 44.4. The number of nitrogens with one attached hydrogen (secondary N) is 1. The molecule has 0 spiro atoms. The Kier molecular flexibility index (Phi) is 17.8. The molecule has 1 aromatic heterocycles. The molecule has 1 unspecified atom stereocenters. The van der Waals surface area contributed by atoms with Gasteiger partial charge in [-0.2, -0.15) is 0 Å². The zero-order valence-electron chi connectivity index (χ0n) is 36.2. The van der Waals surface area contributed by atoms with Crippen LogP contribution in [0.4, 0.5) is 5.69 Å². The van der Waals surface area contributed by atoms with Crippen LogP contribution in [-0.4, -0.2) is 40.1 Å². The van der Waals surface area contributed by atoms with Crippen LogP contribution in [-0.2, 0) is 13.0 Å². The van der Waals surface area contributed by atoms with Gasteiger partial charge in [0.1, 0.15) is 5.75 Å². The lowest BCUT2D eigenvalue weighted by molar-refractivity contribution is 0.102. The Labute approximate surface area is 339 Å². The van der Waals surface area contributed by atoms with Crippen LogP contribution >= 0.6 is 0 Å². The van der Waals surface area contributed by atoms with Crippen molar-refractivity contribution in [2.75, 3.05) is 25.0 Å². The van der Waals surface area contributed by atoms with Crippen molar-refractivity contribution < 1.29 is 9.90 Å². The summed E-state index contributed by atoms with van der Waals surface area (Å²) >= 11 is 0. The lowest BCUT2D eigenvalue weighted by atomic mass is 9.76. The van der Waals surface area contributed by atoms with Gasteiger partial charge in [-0.05, 0) is 155 Å². The Morgan fingerprint density at radius 3 is 2.36 bits per heavy atom. The van der Waals surface area contributed by atoms with E-state index in [1.165, 1.54) is 72.1 Å². The molecule has 5 nitrogen and oxygen atoms in total. The van der Waals surface area contributed by atoms with E-state index in [0.29, 0.717) is 17.2 Å². The monoisotopic (exact) mass is 758 g/mol. The maximum absolute atomic E-state index is 13.5. The van der Waals surface area contributed by atoms with Gasteiger partial charge in [-0.15, -0.1) is 0 Å². The fourth-order valence-electron chi connectivity index (χ4n) is 7.81. The third kappa shape index (κ3) is 11.6. The van der Waals surface area contributed by atoms with Crippen molar-refractivity contribution in [3.05, 3.63) is 124 Å². The average Bonchev–Trinajstić information content (AvgIpc) is 3.41. The van der Waals surface area contributed by atoms with E-state index < -0.39 is 0 Å². The Hall–Kier alpha value is -4.35. The molecule has 302 valence electrons. The number of carbonyl (C=O) groups excluding carboxylic acids is 1. The summed E-state index contributed by atoms with van der Waals surface area (Å²) in [5, 5.41) is 15.7. The van der Waals surface area contributed by atoms with Gasteiger partial charge < -0.3 is 19.9 Å². The molecule has 1 amide bonds. The van der Waals surface area contributed by atoms with Gasteiger partial charge in [0.2, 0.25) is 0 Å². The van der Waals surface area contributed by atoms with Gasteiger partial charge in [0.05, 0.1) is 0 Å². The van der Waals surface area contributed by atoms with Gasteiger partial charge in [0.15, 0.2) is 0 Å². The fourth-order valence-corrected chi connectivity index (χ4v) is 7.81. The lowest BCUT2D eigenvalue weighted by Gasteiger charge is -2.29. The van der Waals surface area contributed by atoms with E-state index in [2.05, 4.69) is 111 Å². The van der Waals surface area contributed by atoms with Crippen molar-refractivity contribution in [1.29, 1.82) is 0 Å². The molecule has 1 atom stereocenters. The minimum absolute atomic E-state index is 0.175. The number of phenolic OH excluding ortho intramolecular Hbond substituents is 1. The topological polar surface area (TPSA) is 57.5 Å². The van der Waals surface area contributed by atoms with E-state index in [-0.39, 0.29) is 11.7 Å². The number of anilines is 1. The molecule has 1 aliphatic carbocycles. The summed E-state index contributed by atoms with van der Waals surface area (Å²) in [6, 6.07) is 18.6. The predicted molar refractivity (Wildman–Crippen MR) is 242 cm³/mol. The summed E-state index contributed by atoms with van der Waals surface area (Å²) in [4.78, 5) is 16.1. The molecule has 1 heterocycles. The van der Waals surface area contributed by atoms with Gasteiger partial charge >= 0.3 is 0 Å². The van der Waals surface area contributed by atoms with E-state index >= 15 is 0 Å². The average molecular weight is 758 g/mol. The summed E-state index contributed by atoms with van der Waals surface area (Å²) in [6.07, 6.45) is 20.3. The Morgan fingerprint density at radius 1 is 0.982 bits per heavy atom. The second-order valence-electron chi connectivity index (χ2n) is 15.6. The van der Waals surface area contributed by atoms with Crippen LogP contribution in [0.25, 0.3) is 16.5 Å². The van der Waals surface area contributed by atoms with E-state index in [9.17, 15) is 9.90 Å². The first-order valence-electron chi connectivity index (χ1n) is 21.7. The number of carbonyl (C=O) groups is 1. The van der Waals surface area contributed by atoms with Crippen LogP contribution in [0.5, 0.6) is 5.75 Å². The molecule has 1 saturated carbocycles. The number of benzene rings is 3. The summed E-state index contributed by atoms with van der Waals surface area (Å²) in [5.41, 5.74) is 10.7. The standard InChI is InChI=1S/C49H65N3O2.C2H6/c1-8-12-13-17-41(16-9-2)48-45(40-18-14-19-40)33-43(34-47(48)53)50-49(54)42-23-20-38(21-24-42)31-39-22-25-46-44(32-39)36(6)37(7)52(46)29-15-28-51(27-10-3)30-26-35(5)11-4;1-2/h9,12-13,16-17,20-25,32-35,40,53H,8,10-11,14-15,18-19,26-31H2,1-7H3,(H,50,54);1-2H3/b13-12+,16-9-,41-17+;. The van der Waals surface area contributed by atoms with Crippen LogP contribution in [0.3, 0.4) is 0 Å². The highest BCUT2D eigenvalue weighted by Crippen LogP contribution is 2.44. The molecule has 56 heavy (non-hydrogen) atoms. The largest absolute Gasteiger partial charge is 0.507 e. The van der Waals surface area contributed by atoms with Crippen LogP contribution in [0, 0.1) is 19.8 Å². The highest BCUT2D eigenvalue weighted by atomic mass is 16.3. The molecule has 0 radical (unpaired) electrons. The van der Waals surface area contributed by atoms with Gasteiger partial charge in [-0.1, -0.05) is 103 Å². The second kappa shape index (κ2) is 22.4. The molecule has 3 aromatic carbocycles. The lowest BCUT2D eigenvalue weighted by Crippen LogP contribution is -2.28. The molecule has 2 N–H and O–H groups in total. The SMILES string of the molecule is CC.C\C=C/C(=C\C=C\CC)c1c(O)cc(NC(=O)c2ccc(Cc3ccc4c(c3)c(C)c(C)n4CCCN(CCC)CCC(C)CC)cc2)cc1C1CCC1. The number of nitrogens with zero attached hydrogens (tertiary/aromatic N) is 2. The quantitative estimate of drug-likeness (QED) is 0.0937. The fraction of sp³-hybridized carbons (Fsp3) is 0.471. The summed E-state index contributed by atoms with van der Waals surface area (Å²) < 4.78 is 2.52. The number of aromatic nitrogens is 1. The number of hydrogen-bond acceptors (Lipinski definition) is 3. The minimum atomic E-state index is -0.175. The van der Waals surface area contributed by atoms with Crippen LogP contribution in [0.15, 0.2) is 85.0 Å². The van der Waals surface area contributed by atoms with Gasteiger partial charge in [-0.25, -0.2) is 0 Å². The van der Waals surface area contributed by atoms with Gasteiger partial charge in [0, 0.05) is 46.0 Å². The van der Waals surface area contributed by atoms with E-state index in [0.717, 1.165) is 67.8 Å². The Morgan fingerprint density at radius 2 is 1.71 bits per heavy atom. The molecule has 1 aliphatic rings. The van der Waals surface area contributed by atoms with Crippen molar-refractivity contribution >= 4 is 28.1 Å². The van der Waals surface area contributed by atoms with Crippen molar-refractivity contribution in [2.24, 2.45) is 5.92 Å². The van der Waals surface area contributed by atoms with Crippen LogP contribution < -0.4 is 5.32 Å². The molecular weight excluding hydrogens is 687 g/mol. The first-order chi connectivity index (χ1) is 27.2. The minimum Gasteiger partial charge on any atom is -0.507 e. The Balaban J connectivity index is 0.00000342. The van der Waals surface area contributed by atoms with Crippen molar-refractivity contribution in [2.45, 2.75) is 133 Å². The van der Waals surface area contributed by atoms with Crippen LogP contribution in [0.1, 0.15) is 150 Å². The Bertz CT molecular complexity index is 1940. The maximum Gasteiger partial charge on any atom is 0.255 e. The van der Waals surface area contributed by atoms with Crippen molar-refractivity contribution in [3.8, 4) is 5.75 Å². The number of amides is 1. The zero-order valence-corrected chi connectivity index (χ0v) is 36.2. The second-order valence-corrected chi connectivity index (χ2v) is 15.6. The number of hydrogen-bond donors (Lipinski definition) is 2. The van der Waals surface area contributed by atoms with Gasteiger partial charge in [-0.3, -0.25) is 4.79 Å². The van der Waals surface area contributed by atoms with E-state index in [1.807, 2.05) is 45.1 Å². The molecule has 4 aromatic rings. The molecule has 0 saturated heterocycles. The van der Waals surface area contributed by atoms with E-state index in [1.54, 1.807) is 6.07 Å². The van der Waals surface area contributed by atoms with Gasteiger partial charge in [0.25, 0.3) is 5.91 Å². The number of aromatic hydroxyl groups is 1.